The number of fused-ring (bicyclic) bond motifs is 1. The lowest BCUT2D eigenvalue weighted by Gasteiger charge is -2.21. The predicted molar refractivity (Wildman–Crippen MR) is 131 cm³/mol. The van der Waals surface area contributed by atoms with E-state index in [1.807, 2.05) is 0 Å². The van der Waals surface area contributed by atoms with Gasteiger partial charge in [0.1, 0.15) is 29.3 Å². The van der Waals surface area contributed by atoms with Gasteiger partial charge in [-0.1, -0.05) is 12.1 Å². The first-order valence-electron chi connectivity index (χ1n) is 11.7. The lowest BCUT2D eigenvalue weighted by atomic mass is 10.0. The highest BCUT2D eigenvalue weighted by atomic mass is 19.4. The Kier molecular flexibility index (Phi) is 8.24. The molecule has 3 aromatic carbocycles. The highest BCUT2D eigenvalue weighted by molar-refractivity contribution is 6.37. The number of aliphatic hydroxyl groups excluding tert-OH is 1. The second-order valence-electron chi connectivity index (χ2n) is 8.64. The number of amides is 1. The number of carbonyl (C=O) groups excluding carboxylic acids is 2. The van der Waals surface area contributed by atoms with E-state index in [4.69, 9.17) is 9.84 Å². The largest absolute Gasteiger partial charge is 0.456 e. The van der Waals surface area contributed by atoms with E-state index in [1.54, 1.807) is 11.5 Å². The zero-order valence-corrected chi connectivity index (χ0v) is 20.6. The molecule has 0 bridgehead atoms. The van der Waals surface area contributed by atoms with Gasteiger partial charge in [0.05, 0.1) is 6.61 Å². The van der Waals surface area contributed by atoms with E-state index >= 15 is 0 Å². The van der Waals surface area contributed by atoms with E-state index in [0.717, 1.165) is 0 Å². The molecule has 41 heavy (non-hydrogen) atoms. The van der Waals surface area contributed by atoms with Crippen LogP contribution in [0.2, 0.25) is 0 Å². The lowest BCUT2D eigenvalue weighted by molar-refractivity contribution is -0.153. The van der Waals surface area contributed by atoms with Gasteiger partial charge in [0, 0.05) is 22.8 Å². The smallest absolute Gasteiger partial charge is 0.420 e. The van der Waals surface area contributed by atoms with Crippen molar-refractivity contribution in [3.63, 3.8) is 0 Å². The second-order valence-corrected chi connectivity index (χ2v) is 8.64. The van der Waals surface area contributed by atoms with Crippen molar-refractivity contribution in [3.8, 4) is 11.5 Å². The quantitative estimate of drug-likeness (QED) is 0.136. The second kappa shape index (κ2) is 11.5. The minimum Gasteiger partial charge on any atom is -0.456 e. The number of anilines is 1. The number of nitrogens with one attached hydrogen (secondary N) is 2. The lowest BCUT2D eigenvalue weighted by Crippen LogP contribution is -2.26. The number of aromatic amines is 1. The Morgan fingerprint density at radius 1 is 0.902 bits per heavy atom. The van der Waals surface area contributed by atoms with E-state index in [-0.39, 0.29) is 24.3 Å². The van der Waals surface area contributed by atoms with Crippen molar-refractivity contribution >= 4 is 28.5 Å². The standard InChI is InChI=1S/C27H19F7N2O5/c28-16-3-1-14(2-4-16)9-15-13-35-22-6-5-18(12-19(15)22)41-23-20(26(29,30)31)10-17(11-21(23)27(32,33)34)36-24(38)25(39)40-8-7-37/h1-6,10-13,35,37H,7-9H2,(H,36,38). The molecule has 216 valence electrons. The van der Waals surface area contributed by atoms with Crippen molar-refractivity contribution in [1.82, 2.24) is 4.98 Å². The number of aliphatic hydroxyl groups is 1. The summed E-state index contributed by atoms with van der Waals surface area (Å²) < 4.78 is 107. The molecule has 0 fully saturated rings. The van der Waals surface area contributed by atoms with Crippen LogP contribution in [0.3, 0.4) is 0 Å². The van der Waals surface area contributed by atoms with Gasteiger partial charge in [0.15, 0.2) is 5.75 Å². The van der Waals surface area contributed by atoms with Crippen LogP contribution >= 0.6 is 0 Å². The molecular weight excluding hydrogens is 565 g/mol. The van der Waals surface area contributed by atoms with Gasteiger partial charge < -0.3 is 24.9 Å². The van der Waals surface area contributed by atoms with Gasteiger partial charge in [-0.15, -0.1) is 0 Å². The average molecular weight is 584 g/mol. The Balaban J connectivity index is 1.74. The van der Waals surface area contributed by atoms with Gasteiger partial charge in [-0.05, 0) is 60.0 Å². The summed E-state index contributed by atoms with van der Waals surface area (Å²) in [7, 11) is 0. The third kappa shape index (κ3) is 6.95. The maximum atomic E-state index is 14.0. The average Bonchev–Trinajstić information content (AvgIpc) is 3.29. The Hall–Kier alpha value is -4.59. The van der Waals surface area contributed by atoms with Crippen LogP contribution in [-0.2, 0) is 33.1 Å². The van der Waals surface area contributed by atoms with Crippen LogP contribution in [0, 0.1) is 5.82 Å². The minimum absolute atomic E-state index is 0.191. The summed E-state index contributed by atoms with van der Waals surface area (Å²) in [5.41, 5.74) is -2.89. The third-order valence-electron chi connectivity index (χ3n) is 5.73. The van der Waals surface area contributed by atoms with Crippen LogP contribution in [0.1, 0.15) is 22.3 Å². The normalized spacial score (nSPS) is 11.9. The number of rotatable bonds is 7. The molecule has 14 heteroatoms. The molecule has 0 spiro atoms. The molecular formula is C27H19F7N2O5. The summed E-state index contributed by atoms with van der Waals surface area (Å²) in [4.78, 5) is 26.4. The Morgan fingerprint density at radius 3 is 2.12 bits per heavy atom. The number of ether oxygens (including phenoxy) is 2. The molecule has 0 saturated carbocycles. The van der Waals surface area contributed by atoms with E-state index < -0.39 is 65.8 Å². The van der Waals surface area contributed by atoms with Crippen LogP contribution in [-0.4, -0.2) is 35.2 Å². The highest BCUT2D eigenvalue weighted by Gasteiger charge is 2.43. The highest BCUT2D eigenvalue weighted by Crippen LogP contribution is 2.47. The number of H-pyrrole nitrogens is 1. The predicted octanol–water partition coefficient (Wildman–Crippen LogP) is 6.20. The number of hydrogen-bond acceptors (Lipinski definition) is 5. The van der Waals surface area contributed by atoms with Crippen LogP contribution in [0.5, 0.6) is 11.5 Å². The number of aromatic nitrogens is 1. The fourth-order valence-electron chi connectivity index (χ4n) is 3.93. The molecule has 0 unspecified atom stereocenters. The molecule has 4 rings (SSSR count). The van der Waals surface area contributed by atoms with E-state index in [2.05, 4.69) is 9.72 Å². The van der Waals surface area contributed by atoms with E-state index in [1.165, 1.54) is 42.5 Å². The minimum atomic E-state index is -5.38. The van der Waals surface area contributed by atoms with Crippen molar-refractivity contribution in [2.45, 2.75) is 18.8 Å². The number of hydrogen-bond donors (Lipinski definition) is 3. The monoisotopic (exact) mass is 584 g/mol. The zero-order chi connectivity index (χ0) is 29.9. The van der Waals surface area contributed by atoms with Crippen molar-refractivity contribution < 1.29 is 54.9 Å². The molecule has 1 amide bonds. The summed E-state index contributed by atoms with van der Waals surface area (Å²) >= 11 is 0. The summed E-state index contributed by atoms with van der Waals surface area (Å²) in [5.74, 6) is -5.65. The molecule has 0 aliphatic carbocycles. The first kappa shape index (κ1) is 29.4. The van der Waals surface area contributed by atoms with E-state index in [0.29, 0.717) is 22.0 Å². The molecule has 1 aromatic heterocycles. The first-order chi connectivity index (χ1) is 19.3. The van der Waals surface area contributed by atoms with Crippen molar-refractivity contribution in [2.75, 3.05) is 18.5 Å². The summed E-state index contributed by atoms with van der Waals surface area (Å²) in [5, 5.41) is 10.7. The number of carbonyl (C=O) groups is 2. The van der Waals surface area contributed by atoms with Crippen molar-refractivity contribution in [1.29, 1.82) is 0 Å². The van der Waals surface area contributed by atoms with E-state index in [9.17, 15) is 40.3 Å². The summed E-state index contributed by atoms with van der Waals surface area (Å²) in [6.45, 7) is -1.28. The number of esters is 1. The zero-order valence-electron chi connectivity index (χ0n) is 20.6. The molecule has 1 heterocycles. The Bertz CT molecular complexity index is 1540. The SMILES string of the molecule is O=C(Nc1cc(C(F)(F)F)c(Oc2ccc3[nH]cc(Cc4ccc(F)cc4)c3c2)c(C(F)(F)F)c1)C(=O)OCCO. The summed E-state index contributed by atoms with van der Waals surface area (Å²) in [6, 6.07) is 9.80. The maximum Gasteiger partial charge on any atom is 0.420 e. The topological polar surface area (TPSA) is 101 Å². The summed E-state index contributed by atoms with van der Waals surface area (Å²) in [6.07, 6.45) is -8.87. The van der Waals surface area contributed by atoms with Gasteiger partial charge in [-0.2, -0.15) is 26.3 Å². The van der Waals surface area contributed by atoms with Crippen LogP contribution in [0.4, 0.5) is 36.4 Å². The molecule has 0 radical (unpaired) electrons. The molecule has 7 nitrogen and oxygen atoms in total. The van der Waals surface area contributed by atoms with Crippen molar-refractivity contribution in [2.24, 2.45) is 0 Å². The molecule has 0 saturated heterocycles. The molecule has 0 aliphatic rings. The third-order valence-corrected chi connectivity index (χ3v) is 5.73. The molecule has 0 aliphatic heterocycles. The Labute approximate surface area is 226 Å². The number of alkyl halides is 6. The van der Waals surface area contributed by atoms with Gasteiger partial charge in [-0.3, -0.25) is 4.79 Å². The Morgan fingerprint density at radius 2 is 1.54 bits per heavy atom. The number of halogens is 7. The van der Waals surface area contributed by atoms with Gasteiger partial charge in [0.2, 0.25) is 0 Å². The maximum absolute atomic E-state index is 14.0. The fourth-order valence-corrected chi connectivity index (χ4v) is 3.93. The van der Waals surface area contributed by atoms with Gasteiger partial charge in [0.25, 0.3) is 0 Å². The molecule has 3 N–H and O–H groups in total. The number of benzene rings is 3. The van der Waals surface area contributed by atoms with Gasteiger partial charge >= 0.3 is 24.2 Å². The van der Waals surface area contributed by atoms with Crippen LogP contribution in [0.15, 0.2) is 60.8 Å². The van der Waals surface area contributed by atoms with Crippen LogP contribution < -0.4 is 10.1 Å². The van der Waals surface area contributed by atoms with Crippen LogP contribution in [0.25, 0.3) is 10.9 Å². The molecule has 0 atom stereocenters. The van der Waals surface area contributed by atoms with Gasteiger partial charge in [-0.25, -0.2) is 9.18 Å². The van der Waals surface area contributed by atoms with Crippen molar-refractivity contribution in [3.05, 3.63) is 88.9 Å². The molecule has 4 aromatic rings. The fraction of sp³-hybridized carbons (Fsp3) is 0.185. The first-order valence-corrected chi connectivity index (χ1v) is 11.7.